The SMILES string of the molecule is COc1cccc([C@@H]2OC(=O)C[C@H]2C(=O)O)c1OC. The minimum absolute atomic E-state index is 0.139. The predicted octanol–water partition coefficient (Wildman–Crippen LogP) is 1.39. The van der Waals surface area contributed by atoms with Gasteiger partial charge in [0.1, 0.15) is 12.0 Å². The Kier molecular flexibility index (Phi) is 3.59. The van der Waals surface area contributed by atoms with Crippen LogP contribution >= 0.6 is 0 Å². The summed E-state index contributed by atoms with van der Waals surface area (Å²) in [4.78, 5) is 22.5. The molecule has 0 radical (unpaired) electrons. The third-order valence-electron chi connectivity index (χ3n) is 3.07. The number of carboxylic acids is 1. The van der Waals surface area contributed by atoms with Crippen molar-refractivity contribution >= 4 is 11.9 Å². The van der Waals surface area contributed by atoms with Crippen molar-refractivity contribution in [3.63, 3.8) is 0 Å². The first kappa shape index (κ1) is 13.2. The molecule has 1 aromatic carbocycles. The lowest BCUT2D eigenvalue weighted by atomic mass is 9.94. The van der Waals surface area contributed by atoms with Crippen LogP contribution in [-0.4, -0.2) is 31.3 Å². The van der Waals surface area contributed by atoms with Crippen molar-refractivity contribution in [1.29, 1.82) is 0 Å². The number of carbonyl (C=O) groups is 2. The van der Waals surface area contributed by atoms with Crippen molar-refractivity contribution in [1.82, 2.24) is 0 Å². The van der Waals surface area contributed by atoms with Crippen molar-refractivity contribution in [3.05, 3.63) is 23.8 Å². The molecule has 0 aliphatic carbocycles. The van der Waals surface area contributed by atoms with Crippen molar-refractivity contribution in [3.8, 4) is 11.5 Å². The summed E-state index contributed by atoms with van der Waals surface area (Å²) in [5.41, 5.74) is 0.500. The normalized spacial score (nSPS) is 21.9. The first-order valence-electron chi connectivity index (χ1n) is 5.71. The summed E-state index contributed by atoms with van der Waals surface area (Å²) in [7, 11) is 2.94. The molecule has 1 saturated heterocycles. The molecule has 0 amide bonds. The Hall–Kier alpha value is -2.24. The van der Waals surface area contributed by atoms with Gasteiger partial charge in [0.05, 0.1) is 20.6 Å². The van der Waals surface area contributed by atoms with E-state index in [0.717, 1.165) is 0 Å². The lowest BCUT2D eigenvalue weighted by Crippen LogP contribution is -2.18. The number of para-hydroxylation sites is 1. The molecule has 1 aliphatic heterocycles. The number of rotatable bonds is 4. The molecule has 0 saturated carbocycles. The van der Waals surface area contributed by atoms with Gasteiger partial charge in [0.2, 0.25) is 0 Å². The van der Waals surface area contributed by atoms with E-state index in [1.165, 1.54) is 14.2 Å². The van der Waals surface area contributed by atoms with Crippen LogP contribution in [-0.2, 0) is 14.3 Å². The number of esters is 1. The average molecular weight is 266 g/mol. The Morgan fingerprint density at radius 3 is 2.68 bits per heavy atom. The molecule has 0 unspecified atom stereocenters. The quantitative estimate of drug-likeness (QED) is 0.829. The van der Waals surface area contributed by atoms with Gasteiger partial charge in [-0.15, -0.1) is 0 Å². The molecule has 1 fully saturated rings. The van der Waals surface area contributed by atoms with Gasteiger partial charge < -0.3 is 19.3 Å². The van der Waals surface area contributed by atoms with E-state index < -0.39 is 24.0 Å². The summed E-state index contributed by atoms with van der Waals surface area (Å²) >= 11 is 0. The van der Waals surface area contributed by atoms with E-state index in [-0.39, 0.29) is 6.42 Å². The number of carbonyl (C=O) groups excluding carboxylic acids is 1. The summed E-state index contributed by atoms with van der Waals surface area (Å²) in [5.74, 6) is -1.65. The van der Waals surface area contributed by atoms with Crippen LogP contribution in [0.15, 0.2) is 18.2 Å². The topological polar surface area (TPSA) is 82.1 Å². The van der Waals surface area contributed by atoms with Crippen LogP contribution in [0.1, 0.15) is 18.1 Å². The van der Waals surface area contributed by atoms with Gasteiger partial charge in [0.15, 0.2) is 11.5 Å². The molecule has 0 bridgehead atoms. The smallest absolute Gasteiger partial charge is 0.311 e. The number of hydrogen-bond acceptors (Lipinski definition) is 5. The highest BCUT2D eigenvalue weighted by atomic mass is 16.6. The zero-order chi connectivity index (χ0) is 14.0. The molecule has 2 atom stereocenters. The van der Waals surface area contributed by atoms with Gasteiger partial charge in [-0.2, -0.15) is 0 Å². The van der Waals surface area contributed by atoms with Gasteiger partial charge in [0, 0.05) is 5.56 Å². The standard InChI is InChI=1S/C13H14O6/c1-17-9-5-3-4-7(12(9)18-2)11-8(13(15)16)6-10(14)19-11/h3-5,8,11H,6H2,1-2H3,(H,15,16)/t8-,11+/m1/s1. The third-order valence-corrected chi connectivity index (χ3v) is 3.07. The van der Waals surface area contributed by atoms with E-state index in [2.05, 4.69) is 0 Å². The summed E-state index contributed by atoms with van der Waals surface area (Å²) in [6.45, 7) is 0. The second-order valence-electron chi connectivity index (χ2n) is 4.14. The number of hydrogen-bond donors (Lipinski definition) is 1. The van der Waals surface area contributed by atoms with Crippen LogP contribution in [0, 0.1) is 5.92 Å². The van der Waals surface area contributed by atoms with Crippen molar-refractivity contribution in [2.45, 2.75) is 12.5 Å². The summed E-state index contributed by atoms with van der Waals surface area (Å²) in [5, 5.41) is 9.15. The molecule has 102 valence electrons. The predicted molar refractivity (Wildman–Crippen MR) is 64.1 cm³/mol. The van der Waals surface area contributed by atoms with Gasteiger partial charge in [-0.25, -0.2) is 0 Å². The first-order chi connectivity index (χ1) is 9.08. The maximum absolute atomic E-state index is 11.3. The van der Waals surface area contributed by atoms with E-state index in [1.807, 2.05) is 0 Å². The van der Waals surface area contributed by atoms with Gasteiger partial charge in [-0.05, 0) is 6.07 Å². The number of methoxy groups -OCH3 is 2. The number of aliphatic carboxylic acids is 1. The maximum Gasteiger partial charge on any atom is 0.311 e. The Labute approximate surface area is 109 Å². The first-order valence-corrected chi connectivity index (χ1v) is 5.71. The molecule has 19 heavy (non-hydrogen) atoms. The average Bonchev–Trinajstić information content (AvgIpc) is 2.79. The molecule has 2 rings (SSSR count). The van der Waals surface area contributed by atoms with Crippen molar-refractivity contribution in [2.24, 2.45) is 5.92 Å². The fourth-order valence-corrected chi connectivity index (χ4v) is 2.19. The zero-order valence-electron chi connectivity index (χ0n) is 10.6. The van der Waals surface area contributed by atoms with E-state index >= 15 is 0 Å². The monoisotopic (exact) mass is 266 g/mol. The molecule has 6 nitrogen and oxygen atoms in total. The molecule has 6 heteroatoms. The van der Waals surface area contributed by atoms with Gasteiger partial charge >= 0.3 is 11.9 Å². The lowest BCUT2D eigenvalue weighted by Gasteiger charge is -2.19. The third kappa shape index (κ3) is 2.33. The van der Waals surface area contributed by atoms with E-state index in [0.29, 0.717) is 17.1 Å². The highest BCUT2D eigenvalue weighted by Crippen LogP contribution is 2.43. The molecule has 0 aromatic heterocycles. The molecular weight excluding hydrogens is 252 g/mol. The summed E-state index contributed by atoms with van der Waals surface area (Å²) in [6, 6.07) is 5.05. The van der Waals surface area contributed by atoms with Crippen molar-refractivity contribution < 1.29 is 28.9 Å². The van der Waals surface area contributed by atoms with E-state index in [1.54, 1.807) is 18.2 Å². The molecule has 1 heterocycles. The van der Waals surface area contributed by atoms with Crippen LogP contribution in [0.2, 0.25) is 0 Å². The molecule has 0 spiro atoms. The van der Waals surface area contributed by atoms with Gasteiger partial charge in [0.25, 0.3) is 0 Å². The van der Waals surface area contributed by atoms with E-state index in [4.69, 9.17) is 19.3 Å². The Balaban J connectivity index is 2.45. The molecular formula is C13H14O6. The highest BCUT2D eigenvalue weighted by Gasteiger charge is 2.42. The minimum atomic E-state index is -1.07. The number of carboxylic acid groups (broad SMARTS) is 1. The summed E-state index contributed by atoms with van der Waals surface area (Å²) < 4.78 is 15.5. The van der Waals surface area contributed by atoms with Crippen LogP contribution in [0.5, 0.6) is 11.5 Å². The van der Waals surface area contributed by atoms with Crippen molar-refractivity contribution in [2.75, 3.05) is 14.2 Å². The zero-order valence-corrected chi connectivity index (χ0v) is 10.6. The van der Waals surface area contributed by atoms with Gasteiger partial charge in [-0.3, -0.25) is 9.59 Å². The Morgan fingerprint density at radius 1 is 1.37 bits per heavy atom. The second-order valence-corrected chi connectivity index (χ2v) is 4.14. The fraction of sp³-hybridized carbons (Fsp3) is 0.385. The number of benzene rings is 1. The van der Waals surface area contributed by atoms with Crippen LogP contribution in [0.25, 0.3) is 0 Å². The Morgan fingerprint density at radius 2 is 2.11 bits per heavy atom. The van der Waals surface area contributed by atoms with Crippen LogP contribution in [0.3, 0.4) is 0 Å². The maximum atomic E-state index is 11.3. The largest absolute Gasteiger partial charge is 0.493 e. The number of cyclic esters (lactones) is 1. The second kappa shape index (κ2) is 5.17. The lowest BCUT2D eigenvalue weighted by molar-refractivity contribution is -0.144. The molecule has 1 aromatic rings. The highest BCUT2D eigenvalue weighted by molar-refractivity contribution is 5.83. The van der Waals surface area contributed by atoms with Gasteiger partial charge in [-0.1, -0.05) is 12.1 Å². The summed E-state index contributed by atoms with van der Waals surface area (Å²) in [6.07, 6.45) is -0.990. The molecule has 1 aliphatic rings. The van der Waals surface area contributed by atoms with Crippen LogP contribution < -0.4 is 9.47 Å². The molecule has 1 N–H and O–H groups in total. The minimum Gasteiger partial charge on any atom is -0.493 e. The van der Waals surface area contributed by atoms with E-state index in [9.17, 15) is 9.59 Å². The van der Waals surface area contributed by atoms with Crippen LogP contribution in [0.4, 0.5) is 0 Å². The number of ether oxygens (including phenoxy) is 3. The fourth-order valence-electron chi connectivity index (χ4n) is 2.19. The Bertz CT molecular complexity index is 510.